The molecule has 1 saturated carbocycles. The van der Waals surface area contributed by atoms with Crippen molar-refractivity contribution in [3.05, 3.63) is 22.2 Å². The summed E-state index contributed by atoms with van der Waals surface area (Å²) in [5.74, 6) is 1.09. The van der Waals surface area contributed by atoms with Crippen LogP contribution in [0.25, 0.3) is 0 Å². The van der Waals surface area contributed by atoms with Crippen LogP contribution in [0.3, 0.4) is 0 Å². The SMILES string of the molecule is CNc1ccc([N+](=O)[O-])c(N(C)C2CC2)n1. The molecule has 1 N–H and O–H groups in total. The fourth-order valence-corrected chi connectivity index (χ4v) is 1.62. The monoisotopic (exact) mass is 222 g/mol. The van der Waals surface area contributed by atoms with Crippen molar-refractivity contribution in [2.45, 2.75) is 18.9 Å². The zero-order valence-electron chi connectivity index (χ0n) is 9.30. The minimum absolute atomic E-state index is 0.0633. The van der Waals surface area contributed by atoms with E-state index in [2.05, 4.69) is 10.3 Å². The maximum atomic E-state index is 10.9. The summed E-state index contributed by atoms with van der Waals surface area (Å²) in [7, 11) is 3.60. The van der Waals surface area contributed by atoms with E-state index in [9.17, 15) is 10.1 Å². The van der Waals surface area contributed by atoms with Crippen LogP contribution >= 0.6 is 0 Å². The number of pyridine rings is 1. The number of rotatable bonds is 4. The number of anilines is 2. The predicted octanol–water partition coefficient (Wildman–Crippen LogP) is 1.63. The van der Waals surface area contributed by atoms with Crippen LogP contribution < -0.4 is 10.2 Å². The van der Waals surface area contributed by atoms with Crippen LogP contribution in [0.1, 0.15) is 12.8 Å². The molecule has 6 nitrogen and oxygen atoms in total. The number of nitrogens with one attached hydrogen (secondary N) is 1. The molecule has 1 aromatic heterocycles. The van der Waals surface area contributed by atoms with Gasteiger partial charge in [-0.25, -0.2) is 4.98 Å². The fraction of sp³-hybridized carbons (Fsp3) is 0.500. The molecule has 0 bridgehead atoms. The molecule has 6 heteroatoms. The molecule has 1 aromatic rings. The lowest BCUT2D eigenvalue weighted by molar-refractivity contribution is -0.384. The zero-order chi connectivity index (χ0) is 11.7. The van der Waals surface area contributed by atoms with Gasteiger partial charge in [-0.2, -0.15) is 0 Å². The Morgan fingerprint density at radius 3 is 2.75 bits per heavy atom. The molecule has 2 rings (SSSR count). The Hall–Kier alpha value is -1.85. The maximum Gasteiger partial charge on any atom is 0.311 e. The van der Waals surface area contributed by atoms with Crippen LogP contribution in [0.2, 0.25) is 0 Å². The van der Waals surface area contributed by atoms with Crippen LogP contribution in [0.15, 0.2) is 12.1 Å². The van der Waals surface area contributed by atoms with Crippen molar-refractivity contribution in [2.24, 2.45) is 0 Å². The van der Waals surface area contributed by atoms with Gasteiger partial charge in [0.05, 0.1) is 4.92 Å². The minimum atomic E-state index is -0.388. The van der Waals surface area contributed by atoms with Crippen molar-refractivity contribution in [3.8, 4) is 0 Å². The quantitative estimate of drug-likeness (QED) is 0.619. The highest BCUT2D eigenvalue weighted by Gasteiger charge is 2.31. The Labute approximate surface area is 93.4 Å². The highest BCUT2D eigenvalue weighted by atomic mass is 16.6. The van der Waals surface area contributed by atoms with Gasteiger partial charge in [-0.1, -0.05) is 0 Å². The summed E-state index contributed by atoms with van der Waals surface area (Å²) in [4.78, 5) is 16.6. The van der Waals surface area contributed by atoms with E-state index >= 15 is 0 Å². The molecule has 0 atom stereocenters. The maximum absolute atomic E-state index is 10.9. The molecule has 0 spiro atoms. The topological polar surface area (TPSA) is 71.3 Å². The smallest absolute Gasteiger partial charge is 0.311 e. The first kappa shape index (κ1) is 10.7. The van der Waals surface area contributed by atoms with Gasteiger partial charge < -0.3 is 10.2 Å². The summed E-state index contributed by atoms with van der Waals surface area (Å²) in [6.07, 6.45) is 2.16. The van der Waals surface area contributed by atoms with Crippen LogP contribution in [0.4, 0.5) is 17.3 Å². The summed E-state index contributed by atoms with van der Waals surface area (Å²) >= 11 is 0. The minimum Gasteiger partial charge on any atom is -0.373 e. The average Bonchev–Trinajstić information content (AvgIpc) is 3.11. The van der Waals surface area contributed by atoms with Crippen LogP contribution in [-0.2, 0) is 0 Å². The van der Waals surface area contributed by atoms with Gasteiger partial charge in [0.15, 0.2) is 0 Å². The summed E-state index contributed by atoms with van der Waals surface area (Å²) in [6, 6.07) is 3.51. The van der Waals surface area contributed by atoms with Gasteiger partial charge in [-0.15, -0.1) is 0 Å². The Morgan fingerprint density at radius 2 is 2.25 bits per heavy atom. The highest BCUT2D eigenvalue weighted by Crippen LogP contribution is 2.34. The molecule has 1 fully saturated rings. The number of aromatic nitrogens is 1. The highest BCUT2D eigenvalue weighted by molar-refractivity contribution is 5.62. The molecular weight excluding hydrogens is 208 g/mol. The Kier molecular flexibility index (Phi) is 2.64. The average molecular weight is 222 g/mol. The second-order valence-corrected chi connectivity index (χ2v) is 3.89. The Bertz CT molecular complexity index is 417. The zero-order valence-corrected chi connectivity index (χ0v) is 9.30. The molecule has 1 aliphatic rings. The lowest BCUT2D eigenvalue weighted by atomic mass is 10.3. The van der Waals surface area contributed by atoms with Gasteiger partial charge >= 0.3 is 5.69 Å². The van der Waals surface area contributed by atoms with Crippen molar-refractivity contribution in [2.75, 3.05) is 24.3 Å². The standard InChI is InChI=1S/C10H14N4O2/c1-11-9-6-5-8(14(15)16)10(12-9)13(2)7-3-4-7/h5-7H,3-4H2,1-2H3,(H,11,12). The van der Waals surface area contributed by atoms with Crippen LogP contribution in [0.5, 0.6) is 0 Å². The number of hydrogen-bond donors (Lipinski definition) is 1. The molecule has 0 saturated heterocycles. The second kappa shape index (κ2) is 3.96. The third-order valence-electron chi connectivity index (χ3n) is 2.74. The molecule has 1 heterocycles. The summed E-state index contributed by atoms with van der Waals surface area (Å²) in [5.41, 5.74) is 0.0633. The van der Waals surface area contributed by atoms with Gasteiger partial charge in [-0.3, -0.25) is 10.1 Å². The molecule has 0 amide bonds. The van der Waals surface area contributed by atoms with Gasteiger partial charge in [-0.05, 0) is 18.9 Å². The molecule has 0 unspecified atom stereocenters. The molecule has 1 aliphatic carbocycles. The van der Waals surface area contributed by atoms with Gasteiger partial charge in [0.1, 0.15) is 5.82 Å². The molecule has 86 valence electrons. The van der Waals surface area contributed by atoms with E-state index in [1.165, 1.54) is 6.07 Å². The third kappa shape index (κ3) is 1.91. The van der Waals surface area contributed by atoms with E-state index in [-0.39, 0.29) is 10.6 Å². The van der Waals surface area contributed by atoms with Crippen LogP contribution in [-0.4, -0.2) is 30.0 Å². The molecular formula is C10H14N4O2. The van der Waals surface area contributed by atoms with E-state index in [0.717, 1.165) is 12.8 Å². The van der Waals surface area contributed by atoms with E-state index in [1.807, 2.05) is 11.9 Å². The number of nitro groups is 1. The first-order valence-electron chi connectivity index (χ1n) is 5.19. The summed E-state index contributed by atoms with van der Waals surface area (Å²) in [5, 5.41) is 13.8. The summed E-state index contributed by atoms with van der Waals surface area (Å²) in [6.45, 7) is 0. The van der Waals surface area contributed by atoms with Gasteiger partial charge in [0, 0.05) is 26.2 Å². The van der Waals surface area contributed by atoms with Crippen molar-refractivity contribution in [3.63, 3.8) is 0 Å². The van der Waals surface area contributed by atoms with Crippen molar-refractivity contribution < 1.29 is 4.92 Å². The number of hydrogen-bond acceptors (Lipinski definition) is 5. The summed E-state index contributed by atoms with van der Waals surface area (Å²) < 4.78 is 0. The largest absolute Gasteiger partial charge is 0.373 e. The van der Waals surface area contributed by atoms with Crippen molar-refractivity contribution in [1.82, 2.24) is 4.98 Å². The number of nitrogens with zero attached hydrogens (tertiary/aromatic N) is 3. The van der Waals surface area contributed by atoms with E-state index in [1.54, 1.807) is 13.1 Å². The Morgan fingerprint density at radius 1 is 1.56 bits per heavy atom. The first-order chi connectivity index (χ1) is 7.63. The first-order valence-corrected chi connectivity index (χ1v) is 5.19. The molecule has 0 aromatic carbocycles. The van der Waals surface area contributed by atoms with Gasteiger partial charge in [0.25, 0.3) is 0 Å². The van der Waals surface area contributed by atoms with Crippen molar-refractivity contribution in [1.29, 1.82) is 0 Å². The normalized spacial score (nSPS) is 14.6. The molecule has 0 aliphatic heterocycles. The van der Waals surface area contributed by atoms with Crippen molar-refractivity contribution >= 4 is 17.3 Å². The lowest BCUT2D eigenvalue weighted by Gasteiger charge is -2.17. The van der Waals surface area contributed by atoms with Crippen LogP contribution in [0, 0.1) is 10.1 Å². The fourth-order valence-electron chi connectivity index (χ4n) is 1.62. The lowest BCUT2D eigenvalue weighted by Crippen LogP contribution is -2.22. The van der Waals surface area contributed by atoms with Gasteiger partial charge in [0.2, 0.25) is 5.82 Å². The Balaban J connectivity index is 2.40. The third-order valence-corrected chi connectivity index (χ3v) is 2.74. The van der Waals surface area contributed by atoms with E-state index in [4.69, 9.17) is 0 Å². The second-order valence-electron chi connectivity index (χ2n) is 3.89. The van der Waals surface area contributed by atoms with E-state index in [0.29, 0.717) is 17.7 Å². The van der Waals surface area contributed by atoms with E-state index < -0.39 is 0 Å². The predicted molar refractivity (Wildman–Crippen MR) is 61.9 cm³/mol. The molecule has 16 heavy (non-hydrogen) atoms. The molecule has 0 radical (unpaired) electrons.